The summed E-state index contributed by atoms with van der Waals surface area (Å²) in [6.45, 7) is 7.81. The average molecular weight is 579 g/mol. The Hall–Kier alpha value is -0.880. The molecule has 0 aliphatic heterocycles. The highest BCUT2D eigenvalue weighted by atomic mass is 35.5. The Morgan fingerprint density at radius 3 is 1.51 bits per heavy atom. The first kappa shape index (κ1) is 38.6. The Labute approximate surface area is 231 Å². The van der Waals surface area contributed by atoms with Gasteiger partial charge in [0.25, 0.3) is 0 Å². The van der Waals surface area contributed by atoms with Crippen LogP contribution in [0.2, 0.25) is 0 Å². The highest BCUT2D eigenvalue weighted by Gasteiger charge is 2.30. The van der Waals surface area contributed by atoms with Gasteiger partial charge in [-0.15, -0.1) is 24.8 Å². The molecule has 9 nitrogen and oxygen atoms in total. The van der Waals surface area contributed by atoms with Crippen LogP contribution in [-0.2, 0) is 19.2 Å². The molecule has 0 saturated heterocycles. The van der Waals surface area contributed by atoms with E-state index in [1.54, 1.807) is 23.5 Å². The summed E-state index contributed by atoms with van der Waals surface area (Å²) in [5, 5.41) is 8.18. The van der Waals surface area contributed by atoms with Crippen LogP contribution in [-0.4, -0.2) is 71.8 Å². The van der Waals surface area contributed by atoms with Crippen molar-refractivity contribution in [3.63, 3.8) is 0 Å². The monoisotopic (exact) mass is 577 g/mol. The van der Waals surface area contributed by atoms with Gasteiger partial charge in [0.15, 0.2) is 0 Å². The van der Waals surface area contributed by atoms with E-state index in [9.17, 15) is 19.2 Å². The van der Waals surface area contributed by atoms with Gasteiger partial charge in [-0.2, -0.15) is 23.5 Å². The fourth-order valence-electron chi connectivity index (χ4n) is 3.17. The number of nitrogens with one attached hydrogen (secondary N) is 3. The summed E-state index contributed by atoms with van der Waals surface area (Å²) in [5.41, 5.74) is 11.4. The summed E-state index contributed by atoms with van der Waals surface area (Å²) in [4.78, 5) is 50.3. The number of rotatable bonds is 17. The molecule has 0 unspecified atom stereocenters. The zero-order valence-electron chi connectivity index (χ0n) is 21.6. The summed E-state index contributed by atoms with van der Waals surface area (Å²) >= 11 is 3.10. The maximum atomic E-state index is 13.1. The van der Waals surface area contributed by atoms with E-state index in [0.29, 0.717) is 37.2 Å². The van der Waals surface area contributed by atoms with Crippen molar-refractivity contribution in [1.82, 2.24) is 16.0 Å². The minimum atomic E-state index is -0.855. The van der Waals surface area contributed by atoms with Gasteiger partial charge in [-0.25, -0.2) is 0 Å². The second-order valence-electron chi connectivity index (χ2n) is 9.01. The zero-order chi connectivity index (χ0) is 25.6. The van der Waals surface area contributed by atoms with Gasteiger partial charge in [0.1, 0.15) is 18.1 Å². The molecular weight excluding hydrogens is 533 g/mol. The van der Waals surface area contributed by atoms with Crippen LogP contribution in [0.4, 0.5) is 0 Å². The molecule has 208 valence electrons. The summed E-state index contributed by atoms with van der Waals surface area (Å²) in [7, 11) is 0. The zero-order valence-corrected chi connectivity index (χ0v) is 24.9. The van der Waals surface area contributed by atoms with Gasteiger partial charge >= 0.3 is 0 Å². The third-order valence-corrected chi connectivity index (χ3v) is 6.20. The molecule has 0 aliphatic rings. The van der Waals surface area contributed by atoms with Gasteiger partial charge in [-0.3, -0.25) is 19.2 Å². The van der Waals surface area contributed by atoms with Crippen LogP contribution in [0.5, 0.6) is 0 Å². The average Bonchev–Trinajstić information content (AvgIpc) is 2.71. The lowest BCUT2D eigenvalue weighted by Gasteiger charge is -2.26. The van der Waals surface area contributed by atoms with Crippen molar-refractivity contribution in [3.8, 4) is 0 Å². The molecule has 0 fully saturated rings. The predicted octanol–water partition coefficient (Wildman–Crippen LogP) is 1.70. The molecule has 0 aromatic carbocycles. The molecule has 0 heterocycles. The second-order valence-corrected chi connectivity index (χ2v) is 11.0. The van der Waals surface area contributed by atoms with Crippen LogP contribution in [0.15, 0.2) is 0 Å². The van der Waals surface area contributed by atoms with Crippen LogP contribution in [0.3, 0.4) is 0 Å². The van der Waals surface area contributed by atoms with Crippen molar-refractivity contribution in [2.75, 3.05) is 24.0 Å². The van der Waals surface area contributed by atoms with E-state index in [-0.39, 0.29) is 42.6 Å². The number of thioether (sulfide) groups is 2. The van der Waals surface area contributed by atoms with Crippen LogP contribution in [0.1, 0.15) is 53.4 Å². The Balaban J connectivity index is -0.00000512. The Bertz CT molecular complexity index is 645. The van der Waals surface area contributed by atoms with Gasteiger partial charge in [0, 0.05) is 0 Å². The van der Waals surface area contributed by atoms with Crippen molar-refractivity contribution in [3.05, 3.63) is 0 Å². The lowest BCUT2D eigenvalue weighted by Crippen LogP contribution is -2.58. The molecule has 4 amide bonds. The summed E-state index contributed by atoms with van der Waals surface area (Å²) in [5.74, 6) is -0.253. The lowest BCUT2D eigenvalue weighted by atomic mass is 10.0. The van der Waals surface area contributed by atoms with Crippen LogP contribution in [0, 0.1) is 11.8 Å². The van der Waals surface area contributed by atoms with Crippen molar-refractivity contribution in [1.29, 1.82) is 0 Å². The number of carbonyl (C=O) groups is 4. The van der Waals surface area contributed by atoms with E-state index in [4.69, 9.17) is 11.5 Å². The number of nitrogens with two attached hydrogens (primary N) is 2. The molecular formula is C22H45Cl2N5O4S2. The molecule has 7 N–H and O–H groups in total. The quantitative estimate of drug-likeness (QED) is 0.176. The topological polar surface area (TPSA) is 156 Å². The third-order valence-electron chi connectivity index (χ3n) is 4.92. The molecule has 13 heteroatoms. The lowest BCUT2D eigenvalue weighted by molar-refractivity contribution is -0.133. The van der Waals surface area contributed by atoms with Crippen LogP contribution >= 0.6 is 48.3 Å². The number of hydrogen-bond acceptors (Lipinski definition) is 7. The minimum absolute atomic E-state index is 0. The molecule has 4 atom stereocenters. The van der Waals surface area contributed by atoms with Crippen molar-refractivity contribution < 1.29 is 19.2 Å². The van der Waals surface area contributed by atoms with Gasteiger partial charge in [0.2, 0.25) is 23.6 Å². The Morgan fingerprint density at radius 1 is 0.686 bits per heavy atom. The smallest absolute Gasteiger partial charge is 0.243 e. The van der Waals surface area contributed by atoms with Crippen molar-refractivity contribution in [2.45, 2.75) is 77.5 Å². The highest BCUT2D eigenvalue weighted by Crippen LogP contribution is 2.10. The van der Waals surface area contributed by atoms with E-state index in [1.807, 2.05) is 40.2 Å². The number of primary amides is 1. The fraction of sp³-hybridized carbons (Fsp3) is 0.818. The van der Waals surface area contributed by atoms with E-state index in [2.05, 4.69) is 16.0 Å². The van der Waals surface area contributed by atoms with E-state index >= 15 is 0 Å². The number of halogens is 2. The van der Waals surface area contributed by atoms with Crippen LogP contribution < -0.4 is 27.4 Å². The molecule has 0 aliphatic carbocycles. The van der Waals surface area contributed by atoms with Gasteiger partial charge in [-0.05, 0) is 61.5 Å². The molecule has 0 saturated carbocycles. The van der Waals surface area contributed by atoms with Crippen molar-refractivity contribution >= 4 is 72.0 Å². The summed E-state index contributed by atoms with van der Waals surface area (Å²) in [6, 6.07) is -3.18. The van der Waals surface area contributed by atoms with Crippen LogP contribution in [0.25, 0.3) is 0 Å². The molecule has 0 rings (SSSR count). The van der Waals surface area contributed by atoms with E-state index in [1.165, 1.54) is 0 Å². The highest BCUT2D eigenvalue weighted by molar-refractivity contribution is 7.98. The molecule has 0 bridgehead atoms. The number of hydrogen-bond donors (Lipinski definition) is 5. The first-order chi connectivity index (χ1) is 15.4. The summed E-state index contributed by atoms with van der Waals surface area (Å²) in [6.07, 6.45) is 5.51. The molecule has 35 heavy (non-hydrogen) atoms. The Morgan fingerprint density at radius 2 is 1.09 bits per heavy atom. The maximum Gasteiger partial charge on any atom is 0.243 e. The Kier molecular flexibility index (Phi) is 23.4. The standard InChI is InChI=1S/C22H43N5O4S2.2ClH/c1-13(2)11-15(23)20(29)26-17(8-10-33-6)21(30)27-18(12-14(3)4)22(31)25-16(19(24)28)7-9-32-5;;/h13-18H,7-12,23H2,1-6H3,(H2,24,28)(H,25,31)(H,26,29)(H,27,30);2*1H/t15-,16-,17-,18-;;/m0../s1. The maximum absolute atomic E-state index is 13.1. The number of amides is 4. The molecule has 0 aromatic rings. The third kappa shape index (κ3) is 17.3. The van der Waals surface area contributed by atoms with Gasteiger partial charge in [0.05, 0.1) is 6.04 Å². The first-order valence-electron chi connectivity index (χ1n) is 11.4. The second kappa shape index (κ2) is 21.2. The van der Waals surface area contributed by atoms with E-state index < -0.39 is 41.9 Å². The van der Waals surface area contributed by atoms with Crippen molar-refractivity contribution in [2.24, 2.45) is 23.3 Å². The predicted molar refractivity (Wildman–Crippen MR) is 152 cm³/mol. The molecule has 0 spiro atoms. The SMILES string of the molecule is CSCC[C@H](NC(=O)[C@H](CC(C)C)NC(=O)[C@H](CCSC)NC(=O)[C@@H](N)CC(C)C)C(N)=O.Cl.Cl. The largest absolute Gasteiger partial charge is 0.368 e. The molecule has 0 aromatic heterocycles. The molecule has 0 radical (unpaired) electrons. The van der Waals surface area contributed by atoms with Gasteiger partial charge < -0.3 is 27.4 Å². The normalized spacial score (nSPS) is 14.1. The van der Waals surface area contributed by atoms with E-state index in [0.717, 1.165) is 0 Å². The first-order valence-corrected chi connectivity index (χ1v) is 14.1. The summed E-state index contributed by atoms with van der Waals surface area (Å²) < 4.78 is 0. The fourth-order valence-corrected chi connectivity index (χ4v) is 4.11. The number of carbonyl (C=O) groups excluding carboxylic acids is 4. The minimum Gasteiger partial charge on any atom is -0.368 e. The van der Waals surface area contributed by atoms with Gasteiger partial charge in [-0.1, -0.05) is 27.7 Å².